The topological polar surface area (TPSA) is 64.1 Å². The molecule has 0 aliphatic carbocycles. The Kier molecular flexibility index (Phi) is 5.72. The molecule has 25 heavy (non-hydrogen) atoms. The monoisotopic (exact) mass is 333 g/mol. The smallest absolute Gasteiger partial charge is 0.223 e. The van der Waals surface area contributed by atoms with Gasteiger partial charge in [-0.15, -0.1) is 0 Å². The lowest BCUT2D eigenvalue weighted by Gasteiger charge is -2.07. The molecule has 0 aliphatic rings. The van der Waals surface area contributed by atoms with E-state index in [1.807, 2.05) is 60.7 Å². The second kappa shape index (κ2) is 8.59. The van der Waals surface area contributed by atoms with Crippen LogP contribution in [0.1, 0.15) is 12.0 Å². The molecule has 0 radical (unpaired) electrons. The lowest BCUT2D eigenvalue weighted by Crippen LogP contribution is -2.24. The quantitative estimate of drug-likeness (QED) is 0.721. The lowest BCUT2D eigenvalue weighted by molar-refractivity contribution is -0.121. The predicted molar refractivity (Wildman–Crippen MR) is 95.9 cm³/mol. The van der Waals surface area contributed by atoms with E-state index in [1.165, 1.54) is 0 Å². The van der Waals surface area contributed by atoms with Crippen LogP contribution in [-0.2, 0) is 11.3 Å². The van der Waals surface area contributed by atoms with E-state index >= 15 is 0 Å². The van der Waals surface area contributed by atoms with Gasteiger partial charge in [-0.25, -0.2) is 0 Å². The summed E-state index contributed by atoms with van der Waals surface area (Å²) < 4.78 is 5.51. The highest BCUT2D eigenvalue weighted by atomic mass is 16.5. The van der Waals surface area contributed by atoms with Crippen LogP contribution in [0.25, 0.3) is 11.4 Å². The molecule has 1 N–H and O–H groups in total. The summed E-state index contributed by atoms with van der Waals surface area (Å²) in [5, 5.41) is 2.87. The first-order valence-electron chi connectivity index (χ1n) is 8.12. The maximum atomic E-state index is 11.9. The Morgan fingerprint density at radius 1 is 0.920 bits per heavy atom. The summed E-state index contributed by atoms with van der Waals surface area (Å²) >= 11 is 0. The molecule has 0 aliphatic heterocycles. The molecule has 0 atom stereocenters. The number of benzene rings is 1. The first-order valence-corrected chi connectivity index (χ1v) is 8.12. The lowest BCUT2D eigenvalue weighted by atomic mass is 10.2. The van der Waals surface area contributed by atoms with Crippen molar-refractivity contribution < 1.29 is 9.53 Å². The SMILES string of the molecule is O=C(CCOc1ccccc1)NCc1ccc(-c2ccccn2)nc1. The van der Waals surface area contributed by atoms with Crippen molar-refractivity contribution in [1.29, 1.82) is 0 Å². The maximum Gasteiger partial charge on any atom is 0.223 e. The predicted octanol–water partition coefficient (Wildman–Crippen LogP) is 3.23. The van der Waals surface area contributed by atoms with Crippen molar-refractivity contribution in [3.05, 3.63) is 78.6 Å². The number of amides is 1. The van der Waals surface area contributed by atoms with E-state index in [-0.39, 0.29) is 5.91 Å². The van der Waals surface area contributed by atoms with Crippen molar-refractivity contribution in [3.63, 3.8) is 0 Å². The number of rotatable bonds is 7. The number of nitrogens with one attached hydrogen (secondary N) is 1. The van der Waals surface area contributed by atoms with E-state index in [0.717, 1.165) is 22.7 Å². The van der Waals surface area contributed by atoms with Crippen molar-refractivity contribution in [2.75, 3.05) is 6.61 Å². The van der Waals surface area contributed by atoms with E-state index in [2.05, 4.69) is 15.3 Å². The highest BCUT2D eigenvalue weighted by molar-refractivity contribution is 5.76. The molecule has 1 amide bonds. The van der Waals surface area contributed by atoms with Gasteiger partial charge in [-0.1, -0.05) is 30.3 Å². The number of nitrogens with zero attached hydrogens (tertiary/aromatic N) is 2. The summed E-state index contributed by atoms with van der Waals surface area (Å²) in [4.78, 5) is 20.5. The molecule has 2 heterocycles. The summed E-state index contributed by atoms with van der Waals surface area (Å²) in [5.41, 5.74) is 2.58. The van der Waals surface area contributed by atoms with Crippen molar-refractivity contribution in [2.45, 2.75) is 13.0 Å². The second-order valence-electron chi connectivity index (χ2n) is 5.45. The largest absolute Gasteiger partial charge is 0.493 e. The molecule has 0 unspecified atom stereocenters. The van der Waals surface area contributed by atoms with Gasteiger partial charge in [0.05, 0.1) is 24.4 Å². The van der Waals surface area contributed by atoms with Crippen LogP contribution in [0.3, 0.4) is 0 Å². The van der Waals surface area contributed by atoms with Crippen LogP contribution in [0.4, 0.5) is 0 Å². The average Bonchev–Trinajstić information content (AvgIpc) is 2.68. The van der Waals surface area contributed by atoms with Gasteiger partial charge in [-0.05, 0) is 35.9 Å². The highest BCUT2D eigenvalue weighted by Crippen LogP contribution is 2.13. The fraction of sp³-hybridized carbons (Fsp3) is 0.150. The number of ether oxygens (including phenoxy) is 1. The van der Waals surface area contributed by atoms with E-state index in [0.29, 0.717) is 19.6 Å². The molecular formula is C20H19N3O2. The van der Waals surface area contributed by atoms with Crippen LogP contribution < -0.4 is 10.1 Å². The molecule has 1 aromatic carbocycles. The van der Waals surface area contributed by atoms with Gasteiger partial charge in [0.25, 0.3) is 0 Å². The first-order chi connectivity index (χ1) is 12.3. The minimum absolute atomic E-state index is 0.0512. The molecule has 0 fully saturated rings. The Balaban J connectivity index is 1.43. The standard InChI is InChI=1S/C20H19N3O2/c24-20(11-13-25-17-6-2-1-3-7-17)23-15-16-9-10-19(22-14-16)18-8-4-5-12-21-18/h1-10,12,14H,11,13,15H2,(H,23,24). The second-order valence-corrected chi connectivity index (χ2v) is 5.45. The highest BCUT2D eigenvalue weighted by Gasteiger charge is 2.04. The van der Waals surface area contributed by atoms with Crippen LogP contribution in [0.5, 0.6) is 5.75 Å². The molecule has 2 aromatic heterocycles. The molecule has 0 bridgehead atoms. The number of para-hydroxylation sites is 1. The molecule has 0 spiro atoms. The molecule has 3 aromatic rings. The van der Waals surface area contributed by atoms with Crippen LogP contribution in [0.15, 0.2) is 73.1 Å². The zero-order valence-corrected chi connectivity index (χ0v) is 13.8. The molecule has 5 nitrogen and oxygen atoms in total. The number of hydrogen-bond donors (Lipinski definition) is 1. The number of carbonyl (C=O) groups is 1. The van der Waals surface area contributed by atoms with Gasteiger partial charge < -0.3 is 10.1 Å². The van der Waals surface area contributed by atoms with Crippen LogP contribution in [-0.4, -0.2) is 22.5 Å². The summed E-state index contributed by atoms with van der Waals surface area (Å²) in [5.74, 6) is 0.717. The third-order valence-electron chi connectivity index (χ3n) is 3.58. The minimum Gasteiger partial charge on any atom is -0.493 e. The minimum atomic E-state index is -0.0512. The molecular weight excluding hydrogens is 314 g/mol. The summed E-state index contributed by atoms with van der Waals surface area (Å²) in [6.45, 7) is 0.798. The molecule has 126 valence electrons. The molecule has 3 rings (SSSR count). The van der Waals surface area contributed by atoms with Crippen LogP contribution >= 0.6 is 0 Å². The Morgan fingerprint density at radius 3 is 2.44 bits per heavy atom. The summed E-state index contributed by atoms with van der Waals surface area (Å²) in [7, 11) is 0. The average molecular weight is 333 g/mol. The Bertz CT molecular complexity index is 790. The summed E-state index contributed by atoms with van der Waals surface area (Å²) in [6, 6.07) is 19.0. The third-order valence-corrected chi connectivity index (χ3v) is 3.58. The van der Waals surface area contributed by atoms with E-state index in [1.54, 1.807) is 12.4 Å². The number of hydrogen-bond acceptors (Lipinski definition) is 4. The van der Waals surface area contributed by atoms with Crippen molar-refractivity contribution >= 4 is 5.91 Å². The normalized spacial score (nSPS) is 10.2. The zero-order valence-electron chi connectivity index (χ0n) is 13.8. The molecule has 0 saturated carbocycles. The Hall–Kier alpha value is -3.21. The van der Waals surface area contributed by atoms with Gasteiger partial charge in [-0.2, -0.15) is 0 Å². The summed E-state index contributed by atoms with van der Waals surface area (Å²) in [6.07, 6.45) is 3.81. The van der Waals surface area contributed by atoms with Crippen LogP contribution in [0, 0.1) is 0 Å². The van der Waals surface area contributed by atoms with Gasteiger partial charge in [0.1, 0.15) is 5.75 Å². The van der Waals surface area contributed by atoms with Gasteiger partial charge in [0, 0.05) is 18.9 Å². The van der Waals surface area contributed by atoms with Gasteiger partial charge in [0.15, 0.2) is 0 Å². The fourth-order valence-corrected chi connectivity index (χ4v) is 2.26. The van der Waals surface area contributed by atoms with Gasteiger partial charge >= 0.3 is 0 Å². The van der Waals surface area contributed by atoms with Gasteiger partial charge in [-0.3, -0.25) is 14.8 Å². The maximum absolute atomic E-state index is 11.9. The number of carbonyl (C=O) groups excluding carboxylic acids is 1. The first kappa shape index (κ1) is 16.6. The zero-order chi connectivity index (χ0) is 17.3. The Labute approximate surface area is 146 Å². The van der Waals surface area contributed by atoms with Crippen molar-refractivity contribution in [1.82, 2.24) is 15.3 Å². The number of pyridine rings is 2. The third kappa shape index (κ3) is 5.14. The fourth-order valence-electron chi connectivity index (χ4n) is 2.26. The van der Waals surface area contributed by atoms with E-state index < -0.39 is 0 Å². The van der Waals surface area contributed by atoms with Crippen molar-refractivity contribution in [3.8, 4) is 17.1 Å². The van der Waals surface area contributed by atoms with Gasteiger partial charge in [0.2, 0.25) is 5.91 Å². The Morgan fingerprint density at radius 2 is 1.72 bits per heavy atom. The van der Waals surface area contributed by atoms with E-state index in [9.17, 15) is 4.79 Å². The number of aromatic nitrogens is 2. The molecule has 0 saturated heterocycles. The van der Waals surface area contributed by atoms with E-state index in [4.69, 9.17) is 4.74 Å². The van der Waals surface area contributed by atoms with Crippen molar-refractivity contribution in [2.24, 2.45) is 0 Å². The molecule has 5 heteroatoms. The van der Waals surface area contributed by atoms with Crippen LogP contribution in [0.2, 0.25) is 0 Å².